The van der Waals surface area contributed by atoms with Gasteiger partial charge in [0.25, 0.3) is 10.0 Å². The third kappa shape index (κ3) is 3.46. The van der Waals surface area contributed by atoms with E-state index in [1.165, 1.54) is 11.6 Å². The van der Waals surface area contributed by atoms with Gasteiger partial charge in [0, 0.05) is 18.1 Å². The minimum Gasteiger partial charge on any atom is -0.476 e. The van der Waals surface area contributed by atoms with E-state index in [1.807, 2.05) is 6.92 Å². The van der Waals surface area contributed by atoms with E-state index < -0.39 is 16.0 Å². The van der Waals surface area contributed by atoms with Crippen LogP contribution < -0.4 is 4.72 Å². The highest BCUT2D eigenvalue weighted by Gasteiger charge is 2.19. The first-order valence-electron chi connectivity index (χ1n) is 6.04. The van der Waals surface area contributed by atoms with Gasteiger partial charge in [-0.15, -0.1) is 11.3 Å². The largest absolute Gasteiger partial charge is 0.476 e. The number of aromatic nitrogens is 3. The second kappa shape index (κ2) is 5.92. The van der Waals surface area contributed by atoms with Crippen molar-refractivity contribution >= 4 is 27.3 Å². The highest BCUT2D eigenvalue weighted by molar-refractivity contribution is 7.89. The summed E-state index contributed by atoms with van der Waals surface area (Å²) >= 11 is 1.08. The number of carbonyl (C=O) groups is 1. The van der Waals surface area contributed by atoms with Gasteiger partial charge in [-0.3, -0.25) is 0 Å². The zero-order valence-corrected chi connectivity index (χ0v) is 13.0. The minimum absolute atomic E-state index is 0.0585. The first-order chi connectivity index (χ1) is 9.83. The maximum absolute atomic E-state index is 12.1. The molecule has 0 spiro atoms. The van der Waals surface area contributed by atoms with Gasteiger partial charge < -0.3 is 9.67 Å². The van der Waals surface area contributed by atoms with Crippen LogP contribution >= 0.6 is 11.3 Å². The number of aryl methyl sites for hydroxylation is 2. The van der Waals surface area contributed by atoms with Crippen LogP contribution in [0.3, 0.4) is 0 Å². The summed E-state index contributed by atoms with van der Waals surface area (Å²) in [5.41, 5.74) is -0.0969. The monoisotopic (exact) mass is 330 g/mol. The molecule has 0 aromatic carbocycles. The maximum atomic E-state index is 12.1. The van der Waals surface area contributed by atoms with E-state index in [4.69, 9.17) is 5.11 Å². The topological polar surface area (TPSA) is 114 Å². The van der Waals surface area contributed by atoms with Crippen LogP contribution in [0.2, 0.25) is 0 Å². The number of rotatable bonds is 6. The number of thiazole rings is 1. The van der Waals surface area contributed by atoms with Crippen molar-refractivity contribution in [3.8, 4) is 0 Å². The zero-order chi connectivity index (χ0) is 15.6. The quantitative estimate of drug-likeness (QED) is 0.811. The predicted octanol–water partition coefficient (Wildman–Crippen LogP) is 0.845. The molecule has 0 aliphatic carbocycles. The minimum atomic E-state index is -3.74. The first kappa shape index (κ1) is 15.6. The Kier molecular flexibility index (Phi) is 4.40. The predicted molar refractivity (Wildman–Crippen MR) is 75.7 cm³/mol. The smallest absolute Gasteiger partial charge is 0.355 e. The molecule has 0 aliphatic rings. The number of carboxylic acids is 1. The van der Waals surface area contributed by atoms with Crippen LogP contribution in [0.25, 0.3) is 0 Å². The summed E-state index contributed by atoms with van der Waals surface area (Å²) in [7, 11) is -3.74. The average Bonchev–Trinajstić information content (AvgIpc) is 3.03. The number of nitrogens with zero attached hydrogens (tertiary/aromatic N) is 3. The molecule has 2 aromatic heterocycles. The summed E-state index contributed by atoms with van der Waals surface area (Å²) in [4.78, 5) is 18.5. The van der Waals surface area contributed by atoms with Gasteiger partial charge in [-0.1, -0.05) is 0 Å². The second-order valence-electron chi connectivity index (χ2n) is 4.17. The van der Waals surface area contributed by atoms with Gasteiger partial charge in [0.05, 0.1) is 6.54 Å². The molecule has 2 heterocycles. The molecule has 114 valence electrons. The highest BCUT2D eigenvalue weighted by Crippen LogP contribution is 2.12. The average molecular weight is 330 g/mol. The maximum Gasteiger partial charge on any atom is 0.355 e. The molecule has 2 N–H and O–H groups in total. The van der Waals surface area contributed by atoms with Gasteiger partial charge in [-0.25, -0.2) is 27.9 Å². The molecular formula is C11H14N4O4S2. The van der Waals surface area contributed by atoms with Crippen LogP contribution in [-0.2, 0) is 23.1 Å². The van der Waals surface area contributed by atoms with Crippen LogP contribution in [0.4, 0.5) is 0 Å². The van der Waals surface area contributed by atoms with E-state index >= 15 is 0 Å². The fraction of sp³-hybridized carbons (Fsp3) is 0.364. The third-order valence-electron chi connectivity index (χ3n) is 2.75. The van der Waals surface area contributed by atoms with E-state index in [2.05, 4.69) is 14.7 Å². The molecule has 0 saturated heterocycles. The summed E-state index contributed by atoms with van der Waals surface area (Å²) in [5.74, 6) is -0.530. The zero-order valence-electron chi connectivity index (χ0n) is 11.4. The van der Waals surface area contributed by atoms with Crippen molar-refractivity contribution in [2.45, 2.75) is 32.0 Å². The molecule has 0 bridgehead atoms. The molecule has 10 heteroatoms. The van der Waals surface area contributed by atoms with Gasteiger partial charge in [-0.05, 0) is 13.8 Å². The van der Waals surface area contributed by atoms with Gasteiger partial charge in [0.2, 0.25) is 0 Å². The Balaban J connectivity index is 2.11. The molecule has 8 nitrogen and oxygen atoms in total. The number of hydrogen-bond donors (Lipinski definition) is 2. The van der Waals surface area contributed by atoms with Crippen LogP contribution in [0.1, 0.15) is 28.2 Å². The Labute approximate surface area is 125 Å². The molecule has 0 unspecified atom stereocenters. The molecule has 0 radical (unpaired) electrons. The normalized spacial score (nSPS) is 11.7. The summed E-state index contributed by atoms with van der Waals surface area (Å²) in [6.07, 6.45) is 1.46. The number of aromatic carboxylic acids is 1. The Bertz CT molecular complexity index is 763. The fourth-order valence-electron chi connectivity index (χ4n) is 1.65. The lowest BCUT2D eigenvalue weighted by Gasteiger charge is -2.01. The van der Waals surface area contributed by atoms with Gasteiger partial charge in [0.1, 0.15) is 10.8 Å². The molecule has 0 aliphatic heterocycles. The Morgan fingerprint density at radius 1 is 1.48 bits per heavy atom. The standard InChI is InChI=1S/C11H14N4O4S2/c1-3-15-5-10(13-7(15)2)21(18,19)12-4-9-14-8(6-20-9)11(16)17/h5-6,12H,3-4H2,1-2H3,(H,16,17). The molecular weight excluding hydrogens is 316 g/mol. The summed E-state index contributed by atoms with van der Waals surface area (Å²) in [6, 6.07) is 0. The molecule has 0 amide bonds. The molecule has 21 heavy (non-hydrogen) atoms. The SMILES string of the molecule is CCn1cc(S(=O)(=O)NCc2nc(C(=O)O)cs2)nc1C. The van der Waals surface area contributed by atoms with E-state index in [-0.39, 0.29) is 17.3 Å². The van der Waals surface area contributed by atoms with Crippen molar-refractivity contribution in [2.24, 2.45) is 0 Å². The first-order valence-corrected chi connectivity index (χ1v) is 8.41. The number of carboxylic acid groups (broad SMARTS) is 1. The van der Waals surface area contributed by atoms with E-state index in [0.717, 1.165) is 11.3 Å². The summed E-state index contributed by atoms with van der Waals surface area (Å²) < 4.78 is 28.3. The third-order valence-corrected chi connectivity index (χ3v) is 4.87. The number of sulfonamides is 1. The van der Waals surface area contributed by atoms with Crippen LogP contribution in [-0.4, -0.2) is 34.0 Å². The molecule has 2 rings (SSSR count). The van der Waals surface area contributed by atoms with Crippen LogP contribution in [0.15, 0.2) is 16.6 Å². The lowest BCUT2D eigenvalue weighted by atomic mass is 10.5. The lowest BCUT2D eigenvalue weighted by Crippen LogP contribution is -2.23. The highest BCUT2D eigenvalue weighted by atomic mass is 32.2. The van der Waals surface area contributed by atoms with Crippen molar-refractivity contribution in [1.29, 1.82) is 0 Å². The van der Waals surface area contributed by atoms with Crippen LogP contribution in [0.5, 0.6) is 0 Å². The van der Waals surface area contributed by atoms with E-state index in [9.17, 15) is 13.2 Å². The van der Waals surface area contributed by atoms with Gasteiger partial charge in [0.15, 0.2) is 10.7 Å². The van der Waals surface area contributed by atoms with Crippen molar-refractivity contribution in [3.05, 3.63) is 28.1 Å². The van der Waals surface area contributed by atoms with Crippen molar-refractivity contribution < 1.29 is 18.3 Å². The van der Waals surface area contributed by atoms with Crippen molar-refractivity contribution in [1.82, 2.24) is 19.3 Å². The van der Waals surface area contributed by atoms with Crippen LogP contribution in [0, 0.1) is 6.92 Å². The van der Waals surface area contributed by atoms with Crippen molar-refractivity contribution in [2.75, 3.05) is 0 Å². The Morgan fingerprint density at radius 2 is 2.19 bits per heavy atom. The Morgan fingerprint density at radius 3 is 2.71 bits per heavy atom. The van der Waals surface area contributed by atoms with Gasteiger partial charge >= 0.3 is 5.97 Å². The molecule has 0 saturated carbocycles. The van der Waals surface area contributed by atoms with Crippen molar-refractivity contribution in [3.63, 3.8) is 0 Å². The molecule has 0 atom stereocenters. The summed E-state index contributed by atoms with van der Waals surface area (Å²) in [5, 5.41) is 10.4. The van der Waals surface area contributed by atoms with E-state index in [0.29, 0.717) is 17.4 Å². The lowest BCUT2D eigenvalue weighted by molar-refractivity contribution is 0.0691. The number of hydrogen-bond acceptors (Lipinski definition) is 6. The molecule has 2 aromatic rings. The van der Waals surface area contributed by atoms with E-state index in [1.54, 1.807) is 11.5 Å². The van der Waals surface area contributed by atoms with Gasteiger partial charge in [-0.2, -0.15) is 0 Å². The number of nitrogens with one attached hydrogen (secondary N) is 1. The second-order valence-corrected chi connectivity index (χ2v) is 6.83. The summed E-state index contributed by atoms with van der Waals surface area (Å²) in [6.45, 7) is 4.17. The Hall–Kier alpha value is -1.78. The molecule has 0 fully saturated rings. The number of imidazole rings is 1. The fourth-order valence-corrected chi connectivity index (χ4v) is 3.44.